The van der Waals surface area contributed by atoms with Crippen LogP contribution in [-0.4, -0.2) is 72.2 Å². The normalized spacial score (nSPS) is 29.0. The van der Waals surface area contributed by atoms with Crippen LogP contribution in [-0.2, 0) is 9.53 Å². The Morgan fingerprint density at radius 1 is 1.33 bits per heavy atom. The average Bonchev–Trinajstić information content (AvgIpc) is 3.17. The van der Waals surface area contributed by atoms with Gasteiger partial charge in [-0.1, -0.05) is 13.3 Å². The Balaban J connectivity index is 1.62. The van der Waals surface area contributed by atoms with Crippen molar-refractivity contribution in [3.05, 3.63) is 0 Å². The molecule has 0 aromatic heterocycles. The molecule has 3 atom stereocenters. The molecule has 3 heterocycles. The van der Waals surface area contributed by atoms with Gasteiger partial charge < -0.3 is 15.0 Å². The highest BCUT2D eigenvalue weighted by molar-refractivity contribution is 5.83. The molecule has 138 valence electrons. The van der Waals surface area contributed by atoms with E-state index < -0.39 is 0 Å². The van der Waals surface area contributed by atoms with Crippen LogP contribution in [0.5, 0.6) is 0 Å². The minimum absolute atomic E-state index is 0.0270. The molecule has 24 heavy (non-hydrogen) atoms. The molecular weight excluding hydrogens is 302 g/mol. The van der Waals surface area contributed by atoms with Crippen LogP contribution in [0.15, 0.2) is 0 Å². The summed E-state index contributed by atoms with van der Waals surface area (Å²) < 4.78 is 6.04. The predicted molar refractivity (Wildman–Crippen MR) is 96.1 cm³/mol. The van der Waals surface area contributed by atoms with E-state index in [9.17, 15) is 4.79 Å². The summed E-state index contributed by atoms with van der Waals surface area (Å²) in [6.07, 6.45) is 6.95. The Labute approximate surface area is 147 Å². The second-order valence-electron chi connectivity index (χ2n) is 8.18. The summed E-state index contributed by atoms with van der Waals surface area (Å²) in [6.45, 7) is 11.1. The van der Waals surface area contributed by atoms with Crippen molar-refractivity contribution < 1.29 is 9.53 Å². The predicted octanol–water partition coefficient (Wildman–Crippen LogP) is 2.01. The molecule has 0 saturated carbocycles. The van der Waals surface area contributed by atoms with E-state index in [1.54, 1.807) is 0 Å². The van der Waals surface area contributed by atoms with Crippen LogP contribution in [0.4, 0.5) is 0 Å². The molecule has 0 bridgehead atoms. The van der Waals surface area contributed by atoms with Gasteiger partial charge in [-0.3, -0.25) is 9.69 Å². The number of hydrogen-bond acceptors (Lipinski definition) is 4. The highest BCUT2D eigenvalue weighted by atomic mass is 16.5. The number of amides is 1. The van der Waals surface area contributed by atoms with E-state index in [0.717, 1.165) is 58.5 Å². The SMILES string of the molecule is CCCCO[C@H](C)[C@@H](C(=O)N1CCCC1)N1CC2(CCC(C)N2)C1. The first-order valence-electron chi connectivity index (χ1n) is 9.97. The number of rotatable bonds is 7. The number of ether oxygens (including phenoxy) is 1. The van der Waals surface area contributed by atoms with Crippen LogP contribution >= 0.6 is 0 Å². The highest BCUT2D eigenvalue weighted by Crippen LogP contribution is 2.35. The summed E-state index contributed by atoms with van der Waals surface area (Å²) in [5, 5.41) is 3.74. The fourth-order valence-electron chi connectivity index (χ4n) is 4.62. The van der Waals surface area contributed by atoms with Crippen molar-refractivity contribution in [2.24, 2.45) is 0 Å². The van der Waals surface area contributed by atoms with E-state index >= 15 is 0 Å². The van der Waals surface area contributed by atoms with Crippen LogP contribution in [0.2, 0.25) is 0 Å². The van der Waals surface area contributed by atoms with Crippen molar-refractivity contribution in [3.63, 3.8) is 0 Å². The Hall–Kier alpha value is -0.650. The summed E-state index contributed by atoms with van der Waals surface area (Å²) in [5.41, 5.74) is 0.256. The lowest BCUT2D eigenvalue weighted by atomic mass is 9.85. The number of unbranched alkanes of at least 4 members (excludes halogenated alkanes) is 1. The molecule has 1 unspecified atom stereocenters. The lowest BCUT2D eigenvalue weighted by Crippen LogP contribution is -2.72. The molecule has 1 spiro atoms. The molecule has 3 fully saturated rings. The van der Waals surface area contributed by atoms with Crippen molar-refractivity contribution >= 4 is 5.91 Å². The molecule has 0 aliphatic carbocycles. The van der Waals surface area contributed by atoms with Crippen LogP contribution in [0, 0.1) is 0 Å². The van der Waals surface area contributed by atoms with Gasteiger partial charge in [-0.25, -0.2) is 0 Å². The maximum absolute atomic E-state index is 13.1. The topological polar surface area (TPSA) is 44.8 Å². The van der Waals surface area contributed by atoms with Crippen molar-refractivity contribution in [2.75, 3.05) is 32.8 Å². The van der Waals surface area contributed by atoms with E-state index in [1.807, 2.05) is 0 Å². The first-order valence-corrected chi connectivity index (χ1v) is 9.97. The van der Waals surface area contributed by atoms with E-state index in [-0.39, 0.29) is 23.6 Å². The minimum atomic E-state index is -0.108. The highest BCUT2D eigenvalue weighted by Gasteiger charge is 2.51. The zero-order valence-corrected chi connectivity index (χ0v) is 15.7. The number of nitrogens with one attached hydrogen (secondary N) is 1. The van der Waals surface area contributed by atoms with E-state index in [0.29, 0.717) is 6.04 Å². The summed E-state index contributed by atoms with van der Waals surface area (Å²) >= 11 is 0. The smallest absolute Gasteiger partial charge is 0.242 e. The molecule has 0 aromatic carbocycles. The second-order valence-corrected chi connectivity index (χ2v) is 8.18. The fraction of sp³-hybridized carbons (Fsp3) is 0.947. The quantitative estimate of drug-likeness (QED) is 0.722. The Kier molecular flexibility index (Phi) is 5.83. The van der Waals surface area contributed by atoms with Crippen molar-refractivity contribution in [1.82, 2.24) is 15.1 Å². The summed E-state index contributed by atoms with van der Waals surface area (Å²) in [4.78, 5) is 17.5. The van der Waals surface area contributed by atoms with Crippen LogP contribution in [0.1, 0.15) is 59.3 Å². The molecule has 1 N–H and O–H groups in total. The summed E-state index contributed by atoms with van der Waals surface area (Å²) in [7, 11) is 0. The number of carbonyl (C=O) groups excluding carboxylic acids is 1. The Morgan fingerprint density at radius 2 is 2.04 bits per heavy atom. The maximum Gasteiger partial charge on any atom is 0.242 e. The second kappa shape index (κ2) is 7.71. The molecular formula is C19H35N3O2. The first kappa shape index (κ1) is 18.2. The molecule has 5 nitrogen and oxygen atoms in total. The molecule has 3 aliphatic rings. The van der Waals surface area contributed by atoms with Gasteiger partial charge in [0.1, 0.15) is 6.04 Å². The van der Waals surface area contributed by atoms with Gasteiger partial charge in [0.2, 0.25) is 5.91 Å². The molecule has 5 heteroatoms. The number of carbonyl (C=O) groups is 1. The lowest BCUT2D eigenvalue weighted by Gasteiger charge is -2.53. The maximum atomic E-state index is 13.1. The largest absolute Gasteiger partial charge is 0.376 e. The third-order valence-electron chi connectivity index (χ3n) is 6.01. The standard InChI is InChI=1S/C19H35N3O2/c1-4-5-12-24-16(3)17(18(23)21-10-6-7-11-21)22-13-19(14-22)9-8-15(2)20-19/h15-17,20H,4-14H2,1-3H3/t15?,16-,17+/m1/s1. The zero-order valence-electron chi connectivity index (χ0n) is 15.7. The summed E-state index contributed by atoms with van der Waals surface area (Å²) in [5.74, 6) is 0.289. The molecule has 3 saturated heterocycles. The van der Waals surface area contributed by atoms with Crippen LogP contribution in [0.25, 0.3) is 0 Å². The third kappa shape index (κ3) is 3.78. The van der Waals surface area contributed by atoms with Crippen molar-refractivity contribution in [3.8, 4) is 0 Å². The van der Waals surface area contributed by atoms with Gasteiger partial charge in [0.05, 0.1) is 6.10 Å². The molecule has 3 rings (SSSR count). The fourth-order valence-corrected chi connectivity index (χ4v) is 4.62. The van der Waals surface area contributed by atoms with Crippen molar-refractivity contribution in [2.45, 2.75) is 83.0 Å². The zero-order chi connectivity index (χ0) is 17.2. The minimum Gasteiger partial charge on any atom is -0.376 e. The van der Waals surface area contributed by atoms with E-state index in [2.05, 4.69) is 35.9 Å². The van der Waals surface area contributed by atoms with Crippen LogP contribution in [0.3, 0.4) is 0 Å². The van der Waals surface area contributed by atoms with Gasteiger partial charge in [0.15, 0.2) is 0 Å². The number of likely N-dealkylation sites (tertiary alicyclic amines) is 2. The summed E-state index contributed by atoms with van der Waals surface area (Å²) in [6, 6.07) is 0.501. The van der Waals surface area contributed by atoms with Gasteiger partial charge >= 0.3 is 0 Å². The molecule has 0 aromatic rings. The number of hydrogen-bond donors (Lipinski definition) is 1. The van der Waals surface area contributed by atoms with E-state index in [4.69, 9.17) is 4.74 Å². The average molecular weight is 338 g/mol. The van der Waals surface area contributed by atoms with Crippen LogP contribution < -0.4 is 5.32 Å². The van der Waals surface area contributed by atoms with Gasteiger partial charge in [0.25, 0.3) is 0 Å². The van der Waals surface area contributed by atoms with Gasteiger partial charge in [-0.05, 0) is 46.0 Å². The monoisotopic (exact) mass is 337 g/mol. The number of nitrogens with zero attached hydrogens (tertiary/aromatic N) is 2. The lowest BCUT2D eigenvalue weighted by molar-refractivity contribution is -0.148. The Bertz CT molecular complexity index is 430. The van der Waals surface area contributed by atoms with E-state index in [1.165, 1.54) is 12.8 Å². The van der Waals surface area contributed by atoms with Gasteiger partial charge in [-0.15, -0.1) is 0 Å². The first-order chi connectivity index (χ1) is 11.5. The van der Waals surface area contributed by atoms with Gasteiger partial charge in [0, 0.05) is 44.4 Å². The van der Waals surface area contributed by atoms with Gasteiger partial charge in [-0.2, -0.15) is 0 Å². The van der Waals surface area contributed by atoms with Crippen molar-refractivity contribution in [1.29, 1.82) is 0 Å². The molecule has 3 aliphatic heterocycles. The third-order valence-corrected chi connectivity index (χ3v) is 6.01. The Morgan fingerprint density at radius 3 is 2.62 bits per heavy atom. The molecule has 1 amide bonds. The molecule has 0 radical (unpaired) electrons.